The van der Waals surface area contributed by atoms with Gasteiger partial charge in [-0.15, -0.1) is 6.58 Å². The van der Waals surface area contributed by atoms with E-state index in [4.69, 9.17) is 4.74 Å². The molecule has 1 heterocycles. The van der Waals surface area contributed by atoms with E-state index in [0.29, 0.717) is 19.7 Å². The molecule has 0 fully saturated rings. The third kappa shape index (κ3) is 6.88. The highest BCUT2D eigenvalue weighted by molar-refractivity contribution is 5.93. The molecule has 1 aromatic heterocycles. The molecule has 0 radical (unpaired) electrons. The molecule has 0 bridgehead atoms. The third-order valence-electron chi connectivity index (χ3n) is 4.76. The van der Waals surface area contributed by atoms with E-state index in [1.807, 2.05) is 29.9 Å². The molecule has 1 aromatic carbocycles. The molecule has 0 unspecified atom stereocenters. The Labute approximate surface area is 185 Å². The van der Waals surface area contributed by atoms with Gasteiger partial charge in [-0.05, 0) is 24.3 Å². The Morgan fingerprint density at radius 3 is 2.50 bits per heavy atom. The number of anilines is 1. The van der Waals surface area contributed by atoms with Gasteiger partial charge in [-0.2, -0.15) is 13.2 Å². The zero-order valence-corrected chi connectivity index (χ0v) is 18.1. The molecule has 174 valence electrons. The van der Waals surface area contributed by atoms with Gasteiger partial charge in [0.1, 0.15) is 6.54 Å². The summed E-state index contributed by atoms with van der Waals surface area (Å²) in [7, 11) is 3.37. The van der Waals surface area contributed by atoms with E-state index < -0.39 is 17.8 Å². The first kappa shape index (κ1) is 25.0. The summed E-state index contributed by atoms with van der Waals surface area (Å²) in [5, 5.41) is 2.26. The van der Waals surface area contributed by atoms with Gasteiger partial charge >= 0.3 is 12.2 Å². The Bertz CT molecular complexity index is 927. The van der Waals surface area contributed by atoms with E-state index in [9.17, 15) is 22.8 Å². The highest BCUT2D eigenvalue weighted by Crippen LogP contribution is 2.34. The average Bonchev–Trinajstić information content (AvgIpc) is 3.14. The fourth-order valence-corrected chi connectivity index (χ4v) is 3.02. The summed E-state index contributed by atoms with van der Waals surface area (Å²) in [5.41, 5.74) is -0.469. The SMILES string of the molecule is C=CCN(CC(=O)N(CCOC)Cc1cccn1C)C(=O)Nc1ccccc1C(F)(F)F. The van der Waals surface area contributed by atoms with Gasteiger partial charge in [0.05, 0.1) is 24.4 Å². The summed E-state index contributed by atoms with van der Waals surface area (Å²) >= 11 is 0. The predicted molar refractivity (Wildman–Crippen MR) is 115 cm³/mol. The summed E-state index contributed by atoms with van der Waals surface area (Å²) in [6.07, 6.45) is -1.38. The van der Waals surface area contributed by atoms with E-state index in [2.05, 4.69) is 11.9 Å². The maximum Gasteiger partial charge on any atom is 0.418 e. The van der Waals surface area contributed by atoms with Gasteiger partial charge in [-0.3, -0.25) is 4.79 Å². The number of para-hydroxylation sites is 1. The van der Waals surface area contributed by atoms with Crippen molar-refractivity contribution in [3.8, 4) is 0 Å². The molecule has 0 aliphatic rings. The lowest BCUT2D eigenvalue weighted by Crippen LogP contribution is -2.45. The van der Waals surface area contributed by atoms with E-state index >= 15 is 0 Å². The smallest absolute Gasteiger partial charge is 0.383 e. The van der Waals surface area contributed by atoms with Crippen LogP contribution in [0.5, 0.6) is 0 Å². The molecule has 10 heteroatoms. The fraction of sp³-hybridized carbons (Fsp3) is 0.364. The number of halogens is 3. The van der Waals surface area contributed by atoms with Crippen molar-refractivity contribution in [3.63, 3.8) is 0 Å². The molecule has 0 aliphatic carbocycles. The molecule has 0 aliphatic heterocycles. The van der Waals surface area contributed by atoms with Gasteiger partial charge in [-0.25, -0.2) is 4.79 Å². The van der Waals surface area contributed by atoms with Gasteiger partial charge in [-0.1, -0.05) is 18.2 Å². The predicted octanol–water partition coefficient (Wildman–Crippen LogP) is 3.74. The van der Waals surface area contributed by atoms with Crippen LogP contribution in [0, 0.1) is 0 Å². The van der Waals surface area contributed by atoms with Gasteiger partial charge < -0.3 is 24.4 Å². The number of urea groups is 1. The number of carbonyl (C=O) groups excluding carboxylic acids is 2. The Hall–Kier alpha value is -3.27. The maximum absolute atomic E-state index is 13.2. The highest BCUT2D eigenvalue weighted by atomic mass is 19.4. The van der Waals surface area contributed by atoms with E-state index in [0.717, 1.165) is 22.7 Å². The van der Waals surface area contributed by atoms with Gasteiger partial charge in [0.15, 0.2) is 0 Å². The van der Waals surface area contributed by atoms with Crippen LogP contribution < -0.4 is 5.32 Å². The number of alkyl halides is 3. The van der Waals surface area contributed by atoms with Crippen molar-refractivity contribution in [2.75, 3.05) is 38.7 Å². The minimum atomic E-state index is -4.63. The van der Waals surface area contributed by atoms with Crippen molar-refractivity contribution in [2.24, 2.45) is 7.05 Å². The van der Waals surface area contributed by atoms with Crippen molar-refractivity contribution in [1.82, 2.24) is 14.4 Å². The molecule has 0 saturated carbocycles. The van der Waals surface area contributed by atoms with Crippen LogP contribution in [0.3, 0.4) is 0 Å². The lowest BCUT2D eigenvalue weighted by molar-refractivity contribution is -0.137. The number of methoxy groups -OCH3 is 1. The zero-order valence-electron chi connectivity index (χ0n) is 18.1. The molecule has 32 heavy (non-hydrogen) atoms. The molecule has 7 nitrogen and oxygen atoms in total. The van der Waals surface area contributed by atoms with Crippen molar-refractivity contribution in [2.45, 2.75) is 12.7 Å². The van der Waals surface area contributed by atoms with Gasteiger partial charge in [0.25, 0.3) is 0 Å². The summed E-state index contributed by atoms with van der Waals surface area (Å²) in [5.74, 6) is -0.371. The minimum absolute atomic E-state index is 0.0198. The second-order valence-corrected chi connectivity index (χ2v) is 7.06. The normalized spacial score (nSPS) is 11.2. The highest BCUT2D eigenvalue weighted by Gasteiger charge is 2.34. The van der Waals surface area contributed by atoms with Crippen molar-refractivity contribution in [3.05, 3.63) is 66.5 Å². The van der Waals surface area contributed by atoms with Crippen molar-refractivity contribution in [1.29, 1.82) is 0 Å². The van der Waals surface area contributed by atoms with Gasteiger partial charge in [0, 0.05) is 39.1 Å². The molecule has 0 spiro atoms. The van der Waals surface area contributed by atoms with Crippen LogP contribution >= 0.6 is 0 Å². The molecule has 3 amide bonds. The number of nitrogens with zero attached hydrogens (tertiary/aromatic N) is 3. The number of amides is 3. The summed E-state index contributed by atoms with van der Waals surface area (Å²) in [6.45, 7) is 4.10. The summed E-state index contributed by atoms with van der Waals surface area (Å²) in [6, 6.07) is 7.56. The van der Waals surface area contributed by atoms with Crippen LogP contribution in [0.4, 0.5) is 23.7 Å². The Morgan fingerprint density at radius 2 is 1.91 bits per heavy atom. The molecule has 0 saturated heterocycles. The van der Waals surface area contributed by atoms with Crippen LogP contribution in [0.1, 0.15) is 11.3 Å². The lowest BCUT2D eigenvalue weighted by Gasteiger charge is -2.27. The minimum Gasteiger partial charge on any atom is -0.383 e. The Balaban J connectivity index is 2.16. The zero-order chi connectivity index (χ0) is 23.7. The van der Waals surface area contributed by atoms with E-state index in [-0.39, 0.29) is 24.7 Å². The maximum atomic E-state index is 13.2. The van der Waals surface area contributed by atoms with Crippen LogP contribution in [0.2, 0.25) is 0 Å². The number of carbonyl (C=O) groups is 2. The van der Waals surface area contributed by atoms with Gasteiger partial charge in [0.2, 0.25) is 5.91 Å². The first-order valence-electron chi connectivity index (χ1n) is 9.87. The molecule has 2 aromatic rings. The molecule has 0 atom stereocenters. The monoisotopic (exact) mass is 452 g/mol. The Morgan fingerprint density at radius 1 is 1.19 bits per heavy atom. The van der Waals surface area contributed by atoms with Crippen molar-refractivity contribution < 1.29 is 27.5 Å². The third-order valence-corrected chi connectivity index (χ3v) is 4.76. The Kier molecular flexibility index (Phi) is 8.89. The number of aromatic nitrogens is 1. The number of benzene rings is 1. The quantitative estimate of drug-likeness (QED) is 0.559. The number of nitrogens with one attached hydrogen (secondary N) is 1. The number of rotatable bonds is 10. The average molecular weight is 452 g/mol. The standard InChI is InChI=1S/C22H27F3N4O3/c1-4-11-29(21(31)26-19-10-6-5-9-18(19)22(23,24)25)16-20(30)28(13-14-32-3)15-17-8-7-12-27(17)2/h4-10,12H,1,11,13-16H2,2-3H3,(H,26,31). The largest absolute Gasteiger partial charge is 0.418 e. The lowest BCUT2D eigenvalue weighted by atomic mass is 10.1. The number of aryl methyl sites for hydroxylation is 1. The van der Waals surface area contributed by atoms with E-state index in [1.165, 1.54) is 30.2 Å². The van der Waals surface area contributed by atoms with Crippen LogP contribution in [0.15, 0.2) is 55.3 Å². The molecular formula is C22H27F3N4O3. The first-order valence-corrected chi connectivity index (χ1v) is 9.87. The topological polar surface area (TPSA) is 66.8 Å². The second kappa shape index (κ2) is 11.4. The molecular weight excluding hydrogens is 425 g/mol. The number of hydrogen-bond donors (Lipinski definition) is 1. The van der Waals surface area contributed by atoms with E-state index in [1.54, 1.807) is 0 Å². The second-order valence-electron chi connectivity index (χ2n) is 7.06. The number of hydrogen-bond acceptors (Lipinski definition) is 3. The van der Waals surface area contributed by atoms with Crippen LogP contribution in [-0.4, -0.2) is 59.7 Å². The number of ether oxygens (including phenoxy) is 1. The summed E-state index contributed by atoms with van der Waals surface area (Å²) in [4.78, 5) is 28.3. The first-order chi connectivity index (χ1) is 15.2. The molecule has 1 N–H and O–H groups in total. The molecule has 2 rings (SSSR count). The van der Waals surface area contributed by atoms with Crippen LogP contribution in [0.25, 0.3) is 0 Å². The fourth-order valence-electron chi connectivity index (χ4n) is 3.02. The van der Waals surface area contributed by atoms with Crippen LogP contribution in [-0.2, 0) is 29.3 Å². The van der Waals surface area contributed by atoms with Crippen molar-refractivity contribution >= 4 is 17.6 Å². The summed E-state index contributed by atoms with van der Waals surface area (Å²) < 4.78 is 46.7.